The number of benzene rings is 1. The van der Waals surface area contributed by atoms with Gasteiger partial charge in [-0.3, -0.25) is 0 Å². The van der Waals surface area contributed by atoms with E-state index in [2.05, 4.69) is 51.3 Å². The molecule has 0 N–H and O–H groups in total. The lowest BCUT2D eigenvalue weighted by Gasteiger charge is -2.07. The summed E-state index contributed by atoms with van der Waals surface area (Å²) < 4.78 is 1.42. The largest absolute Gasteiger partial charge is 0.144 e. The molecule has 2 rings (SSSR count). The third-order valence-electron chi connectivity index (χ3n) is 2.92. The first-order valence-electron chi connectivity index (χ1n) is 5.60. The molecule has 1 heterocycles. The molecule has 1 aromatic carbocycles. The highest BCUT2D eigenvalue weighted by molar-refractivity contribution is 7.17. The van der Waals surface area contributed by atoms with Crippen LogP contribution in [0.15, 0.2) is 23.6 Å². The summed E-state index contributed by atoms with van der Waals surface area (Å²) in [7, 11) is 0. The molecule has 0 radical (unpaired) electrons. The molecule has 15 heavy (non-hydrogen) atoms. The third kappa shape index (κ3) is 1.93. The Balaban J connectivity index is 2.61. The van der Waals surface area contributed by atoms with E-state index in [1.165, 1.54) is 21.2 Å². The van der Waals surface area contributed by atoms with Crippen molar-refractivity contribution in [1.82, 2.24) is 0 Å². The average molecular weight is 218 g/mol. The van der Waals surface area contributed by atoms with Crippen LogP contribution in [-0.2, 0) is 0 Å². The van der Waals surface area contributed by atoms with Crippen LogP contribution < -0.4 is 0 Å². The van der Waals surface area contributed by atoms with Crippen LogP contribution in [0.2, 0.25) is 0 Å². The van der Waals surface area contributed by atoms with Crippen LogP contribution in [0.25, 0.3) is 10.1 Å². The van der Waals surface area contributed by atoms with Crippen molar-refractivity contribution >= 4 is 21.4 Å². The van der Waals surface area contributed by atoms with E-state index in [4.69, 9.17) is 0 Å². The van der Waals surface area contributed by atoms with Crippen LogP contribution in [0.4, 0.5) is 0 Å². The zero-order valence-corrected chi connectivity index (χ0v) is 10.7. The van der Waals surface area contributed by atoms with Gasteiger partial charge in [-0.15, -0.1) is 11.3 Å². The lowest BCUT2D eigenvalue weighted by Crippen LogP contribution is -1.88. The predicted octanol–water partition coefficient (Wildman–Crippen LogP) is 5.15. The van der Waals surface area contributed by atoms with E-state index in [1.807, 2.05) is 11.3 Å². The molecule has 0 saturated carbocycles. The van der Waals surface area contributed by atoms with Gasteiger partial charge in [0.2, 0.25) is 0 Å². The molecule has 1 heteroatoms. The number of hydrogen-bond acceptors (Lipinski definition) is 1. The molecule has 0 aliphatic carbocycles. The topological polar surface area (TPSA) is 0 Å². The van der Waals surface area contributed by atoms with Gasteiger partial charge in [-0.05, 0) is 45.9 Å². The van der Waals surface area contributed by atoms with Crippen LogP contribution >= 0.6 is 11.3 Å². The summed E-state index contributed by atoms with van der Waals surface area (Å²) in [5.74, 6) is 1.25. The summed E-state index contributed by atoms with van der Waals surface area (Å²) in [6.07, 6.45) is 0. The quantitative estimate of drug-likeness (QED) is 0.654. The Kier molecular flexibility index (Phi) is 2.83. The van der Waals surface area contributed by atoms with Gasteiger partial charge < -0.3 is 0 Å². The molecule has 80 valence electrons. The molecule has 0 atom stereocenters. The van der Waals surface area contributed by atoms with E-state index in [9.17, 15) is 0 Å². The minimum atomic E-state index is 0.620. The van der Waals surface area contributed by atoms with Gasteiger partial charge in [-0.2, -0.15) is 0 Å². The fourth-order valence-electron chi connectivity index (χ4n) is 1.87. The molecule has 0 aliphatic heterocycles. The lowest BCUT2D eigenvalue weighted by molar-refractivity contribution is 0.864. The van der Waals surface area contributed by atoms with E-state index in [0.29, 0.717) is 11.8 Å². The summed E-state index contributed by atoms with van der Waals surface area (Å²) in [4.78, 5) is 0. The minimum Gasteiger partial charge on any atom is -0.144 e. The first-order valence-corrected chi connectivity index (χ1v) is 6.48. The Bertz CT molecular complexity index is 463. The maximum atomic E-state index is 2.37. The van der Waals surface area contributed by atoms with Gasteiger partial charge in [-0.25, -0.2) is 0 Å². The van der Waals surface area contributed by atoms with Crippen molar-refractivity contribution in [1.29, 1.82) is 0 Å². The molecule has 0 fully saturated rings. The summed E-state index contributed by atoms with van der Waals surface area (Å²) in [6, 6.07) is 6.89. The summed E-state index contributed by atoms with van der Waals surface area (Å²) >= 11 is 1.86. The minimum absolute atomic E-state index is 0.620. The van der Waals surface area contributed by atoms with Gasteiger partial charge in [0.15, 0.2) is 0 Å². The first-order chi connectivity index (χ1) is 7.09. The smallest absolute Gasteiger partial charge is 0.0345 e. The summed E-state index contributed by atoms with van der Waals surface area (Å²) in [5.41, 5.74) is 2.94. The van der Waals surface area contributed by atoms with E-state index >= 15 is 0 Å². The van der Waals surface area contributed by atoms with Gasteiger partial charge in [0.25, 0.3) is 0 Å². The Morgan fingerprint density at radius 3 is 2.33 bits per heavy atom. The van der Waals surface area contributed by atoms with Crippen LogP contribution in [0, 0.1) is 0 Å². The monoisotopic (exact) mass is 218 g/mol. The SMILES string of the molecule is CC(C)c1ccc2scc(C(C)C)c2c1. The molecule has 0 bridgehead atoms. The van der Waals surface area contributed by atoms with Gasteiger partial charge in [-0.1, -0.05) is 33.8 Å². The maximum absolute atomic E-state index is 2.37. The van der Waals surface area contributed by atoms with E-state index in [0.717, 1.165) is 0 Å². The zero-order valence-electron chi connectivity index (χ0n) is 9.87. The molecule has 0 nitrogen and oxygen atoms in total. The zero-order chi connectivity index (χ0) is 11.0. The molecule has 0 unspecified atom stereocenters. The fourth-order valence-corrected chi connectivity index (χ4v) is 2.98. The standard InChI is InChI=1S/C14H18S/c1-9(2)11-5-6-14-12(7-11)13(8-15-14)10(3)4/h5-10H,1-4H3. The van der Waals surface area contributed by atoms with Crippen LogP contribution in [0.1, 0.15) is 50.7 Å². The fraction of sp³-hybridized carbons (Fsp3) is 0.429. The number of thiophene rings is 1. The van der Waals surface area contributed by atoms with Crippen molar-refractivity contribution in [2.24, 2.45) is 0 Å². The Hall–Kier alpha value is -0.820. The molecule has 0 amide bonds. The van der Waals surface area contributed by atoms with Crippen molar-refractivity contribution in [3.63, 3.8) is 0 Å². The Morgan fingerprint density at radius 2 is 1.73 bits per heavy atom. The van der Waals surface area contributed by atoms with Gasteiger partial charge in [0.1, 0.15) is 0 Å². The van der Waals surface area contributed by atoms with E-state index < -0.39 is 0 Å². The predicted molar refractivity (Wildman–Crippen MR) is 70.0 cm³/mol. The average Bonchev–Trinajstić information content (AvgIpc) is 2.59. The van der Waals surface area contributed by atoms with Crippen molar-refractivity contribution in [3.8, 4) is 0 Å². The summed E-state index contributed by atoms with van der Waals surface area (Å²) in [6.45, 7) is 9.04. The van der Waals surface area contributed by atoms with Crippen LogP contribution in [-0.4, -0.2) is 0 Å². The van der Waals surface area contributed by atoms with Crippen molar-refractivity contribution in [2.45, 2.75) is 39.5 Å². The molecular weight excluding hydrogens is 200 g/mol. The second kappa shape index (κ2) is 3.97. The second-order valence-electron chi connectivity index (χ2n) is 4.76. The number of fused-ring (bicyclic) bond motifs is 1. The van der Waals surface area contributed by atoms with Crippen LogP contribution in [0.5, 0.6) is 0 Å². The number of hydrogen-bond donors (Lipinski definition) is 0. The molecular formula is C14H18S. The Morgan fingerprint density at radius 1 is 1.00 bits per heavy atom. The molecule has 1 aromatic heterocycles. The number of rotatable bonds is 2. The lowest BCUT2D eigenvalue weighted by atomic mass is 9.97. The van der Waals surface area contributed by atoms with Gasteiger partial charge >= 0.3 is 0 Å². The van der Waals surface area contributed by atoms with Gasteiger partial charge in [0, 0.05) is 4.70 Å². The molecule has 0 saturated heterocycles. The van der Waals surface area contributed by atoms with E-state index in [-0.39, 0.29) is 0 Å². The molecule has 0 spiro atoms. The Labute approximate surface area is 95.9 Å². The highest BCUT2D eigenvalue weighted by Crippen LogP contribution is 2.33. The highest BCUT2D eigenvalue weighted by Gasteiger charge is 2.09. The van der Waals surface area contributed by atoms with Crippen molar-refractivity contribution in [2.75, 3.05) is 0 Å². The van der Waals surface area contributed by atoms with Crippen molar-refractivity contribution < 1.29 is 0 Å². The normalized spacial score (nSPS) is 11.9. The summed E-state index contributed by atoms with van der Waals surface area (Å²) in [5, 5.41) is 3.76. The maximum Gasteiger partial charge on any atom is 0.0345 e. The third-order valence-corrected chi connectivity index (χ3v) is 3.90. The molecule has 2 aromatic rings. The highest BCUT2D eigenvalue weighted by atomic mass is 32.1. The first kappa shape index (κ1) is 10.7. The second-order valence-corrected chi connectivity index (χ2v) is 5.67. The van der Waals surface area contributed by atoms with Crippen molar-refractivity contribution in [3.05, 3.63) is 34.7 Å². The van der Waals surface area contributed by atoms with E-state index in [1.54, 1.807) is 0 Å². The van der Waals surface area contributed by atoms with Gasteiger partial charge in [0.05, 0.1) is 0 Å². The molecule has 0 aliphatic rings. The van der Waals surface area contributed by atoms with Crippen LogP contribution in [0.3, 0.4) is 0 Å².